The molecule has 4 nitrogen and oxygen atoms in total. The predicted molar refractivity (Wildman–Crippen MR) is 165 cm³/mol. The van der Waals surface area contributed by atoms with Crippen molar-refractivity contribution in [3.05, 3.63) is 76.2 Å². The van der Waals surface area contributed by atoms with Crippen molar-refractivity contribution in [1.29, 1.82) is 5.26 Å². The minimum absolute atomic E-state index is 0.247. The van der Waals surface area contributed by atoms with Gasteiger partial charge in [0.2, 0.25) is 0 Å². The van der Waals surface area contributed by atoms with E-state index >= 15 is 0 Å². The van der Waals surface area contributed by atoms with E-state index in [-0.39, 0.29) is 5.57 Å². The fourth-order valence-electron chi connectivity index (χ4n) is 5.31. The van der Waals surface area contributed by atoms with Crippen LogP contribution in [0.2, 0.25) is 0 Å². The normalized spacial score (nSPS) is 13.4. The molecule has 0 spiro atoms. The van der Waals surface area contributed by atoms with E-state index in [4.69, 9.17) is 10.4 Å². The summed E-state index contributed by atoms with van der Waals surface area (Å²) >= 11 is 3.28. The highest BCUT2D eigenvalue weighted by Gasteiger charge is 2.20. The van der Waals surface area contributed by atoms with Crippen LogP contribution in [0.5, 0.6) is 0 Å². The van der Waals surface area contributed by atoms with Gasteiger partial charge >= 0.3 is 5.97 Å². The van der Waals surface area contributed by atoms with Gasteiger partial charge in [-0.15, -0.1) is 22.7 Å². The van der Waals surface area contributed by atoms with E-state index in [1.165, 1.54) is 88.5 Å². The molecule has 39 heavy (non-hydrogen) atoms. The van der Waals surface area contributed by atoms with Gasteiger partial charge in [-0.2, -0.15) is 5.26 Å². The number of carbonyl (C=O) groups is 1. The zero-order valence-corrected chi connectivity index (χ0v) is 24.0. The zero-order valence-electron chi connectivity index (χ0n) is 22.4. The van der Waals surface area contributed by atoms with Crippen LogP contribution in [0.3, 0.4) is 0 Å². The van der Waals surface area contributed by atoms with Crippen molar-refractivity contribution in [2.24, 2.45) is 0 Å². The van der Waals surface area contributed by atoms with Gasteiger partial charge in [-0.3, -0.25) is 0 Å². The number of hydrogen-bond acceptors (Lipinski definition) is 5. The number of carboxylic acids is 1. The number of carboxylic acid groups (broad SMARTS) is 1. The van der Waals surface area contributed by atoms with Crippen molar-refractivity contribution in [1.82, 2.24) is 0 Å². The molecule has 0 atom stereocenters. The van der Waals surface area contributed by atoms with Gasteiger partial charge in [0.1, 0.15) is 11.6 Å². The van der Waals surface area contributed by atoms with E-state index in [2.05, 4.69) is 54.3 Å². The number of benzene rings is 2. The topological polar surface area (TPSA) is 64.3 Å². The van der Waals surface area contributed by atoms with E-state index in [1.54, 1.807) is 17.4 Å². The third-order valence-electron chi connectivity index (χ3n) is 7.41. The van der Waals surface area contributed by atoms with Gasteiger partial charge in [0.25, 0.3) is 0 Å². The molecule has 0 saturated heterocycles. The molecular weight excluding hydrogens is 521 g/mol. The molecule has 2 aromatic carbocycles. The van der Waals surface area contributed by atoms with Crippen LogP contribution >= 0.6 is 22.7 Å². The molecule has 0 radical (unpaired) electrons. The van der Waals surface area contributed by atoms with E-state index in [9.17, 15) is 4.79 Å². The zero-order chi connectivity index (χ0) is 27.2. The third-order valence-corrected chi connectivity index (χ3v) is 9.74. The predicted octanol–water partition coefficient (Wildman–Crippen LogP) is 9.61. The molecule has 0 unspecified atom stereocenters. The maximum atomic E-state index is 11.2. The van der Waals surface area contributed by atoms with Crippen LogP contribution in [0.15, 0.2) is 60.2 Å². The Hall–Kier alpha value is -3.40. The third kappa shape index (κ3) is 6.43. The van der Waals surface area contributed by atoms with Crippen LogP contribution in [-0.4, -0.2) is 17.6 Å². The van der Waals surface area contributed by atoms with E-state index < -0.39 is 5.97 Å². The van der Waals surface area contributed by atoms with Gasteiger partial charge < -0.3 is 10.0 Å². The number of thiophene rings is 2. The molecule has 0 fully saturated rings. The van der Waals surface area contributed by atoms with Crippen molar-refractivity contribution in [2.75, 3.05) is 11.4 Å². The highest BCUT2D eigenvalue weighted by atomic mass is 32.1. The molecule has 3 heterocycles. The number of anilines is 2. The molecule has 0 saturated carbocycles. The Bertz CT molecular complexity index is 1520. The highest BCUT2D eigenvalue weighted by molar-refractivity contribution is 7.26. The first kappa shape index (κ1) is 27.2. The summed E-state index contributed by atoms with van der Waals surface area (Å²) in [6.45, 7) is 3.29. The van der Waals surface area contributed by atoms with Crippen molar-refractivity contribution < 1.29 is 9.90 Å². The standard InChI is InChI=1S/C33H34N2O2S2/c1-2-3-4-5-6-7-9-23-11-13-27(14-12-23)35-17-8-10-24-18-25-20-32(39-31(25)21-29(24)35)30-16-15-28(38-30)19-26(22-34)33(36)37/h11-16,18-21H,2-10,17H2,1H3,(H,36,37). The first-order chi connectivity index (χ1) is 19.1. The Balaban J connectivity index is 1.33. The van der Waals surface area contributed by atoms with Crippen molar-refractivity contribution in [3.63, 3.8) is 0 Å². The van der Waals surface area contributed by atoms with Crippen molar-refractivity contribution in [3.8, 4) is 15.8 Å². The highest BCUT2D eigenvalue weighted by Crippen LogP contribution is 2.42. The number of fused-ring (bicyclic) bond motifs is 2. The van der Waals surface area contributed by atoms with Gasteiger partial charge in [0.15, 0.2) is 0 Å². The summed E-state index contributed by atoms with van der Waals surface area (Å²) < 4.78 is 1.25. The van der Waals surface area contributed by atoms with Gasteiger partial charge in [-0.05, 0) is 90.7 Å². The number of hydrogen-bond donors (Lipinski definition) is 1. The lowest BCUT2D eigenvalue weighted by molar-refractivity contribution is -0.132. The number of rotatable bonds is 11. The maximum Gasteiger partial charge on any atom is 0.346 e. The molecule has 4 aromatic rings. The quantitative estimate of drug-likeness (QED) is 0.114. The molecule has 1 aliphatic heterocycles. The molecule has 0 bridgehead atoms. The lowest BCUT2D eigenvalue weighted by atomic mass is 9.99. The molecule has 0 amide bonds. The van der Waals surface area contributed by atoms with Gasteiger partial charge in [-0.1, -0.05) is 51.2 Å². The lowest BCUT2D eigenvalue weighted by Crippen LogP contribution is -2.24. The molecule has 200 valence electrons. The van der Waals surface area contributed by atoms with Crippen LogP contribution in [-0.2, 0) is 17.6 Å². The molecule has 1 N–H and O–H groups in total. The second kappa shape index (κ2) is 12.6. The summed E-state index contributed by atoms with van der Waals surface area (Å²) in [5.41, 5.74) is 5.15. The lowest BCUT2D eigenvalue weighted by Gasteiger charge is -2.31. The maximum absolute atomic E-state index is 11.2. The second-order valence-corrected chi connectivity index (χ2v) is 12.4. The summed E-state index contributed by atoms with van der Waals surface area (Å²) in [6.07, 6.45) is 12.8. The fraction of sp³-hybridized carbons (Fsp3) is 0.333. The Labute approximate surface area is 238 Å². The second-order valence-electron chi connectivity index (χ2n) is 10.2. The minimum atomic E-state index is -1.20. The summed E-state index contributed by atoms with van der Waals surface area (Å²) in [4.78, 5) is 16.7. The van der Waals surface area contributed by atoms with E-state index in [0.29, 0.717) is 0 Å². The molecular formula is C33H34N2O2S2. The van der Waals surface area contributed by atoms with Gasteiger partial charge in [-0.25, -0.2) is 4.79 Å². The average molecular weight is 555 g/mol. The minimum Gasteiger partial charge on any atom is -0.477 e. The Morgan fingerprint density at radius 2 is 1.79 bits per heavy atom. The summed E-state index contributed by atoms with van der Waals surface area (Å²) in [6, 6.07) is 21.8. The molecule has 2 aromatic heterocycles. The van der Waals surface area contributed by atoms with Crippen LogP contribution in [0.25, 0.3) is 25.9 Å². The number of aryl methyl sites for hydroxylation is 2. The summed E-state index contributed by atoms with van der Waals surface area (Å²) in [7, 11) is 0. The number of unbranched alkanes of at least 4 members (excludes halogenated alkanes) is 5. The Kier molecular flexibility index (Phi) is 8.81. The van der Waals surface area contributed by atoms with E-state index in [1.807, 2.05) is 12.1 Å². The number of aliphatic carboxylic acids is 1. The SMILES string of the molecule is CCCCCCCCc1ccc(N2CCCc3cc4cc(-c5ccc(C=C(C#N)C(=O)O)s5)sc4cc32)cc1. The van der Waals surface area contributed by atoms with Crippen LogP contribution in [0, 0.1) is 11.3 Å². The molecule has 6 heteroatoms. The van der Waals surface area contributed by atoms with Gasteiger partial charge in [0.05, 0.1) is 0 Å². The van der Waals surface area contributed by atoms with Crippen LogP contribution in [0.4, 0.5) is 11.4 Å². The van der Waals surface area contributed by atoms with E-state index in [0.717, 1.165) is 40.4 Å². The largest absolute Gasteiger partial charge is 0.477 e. The number of nitrogens with zero attached hydrogens (tertiary/aromatic N) is 2. The summed E-state index contributed by atoms with van der Waals surface area (Å²) in [5, 5.41) is 19.5. The Morgan fingerprint density at radius 3 is 2.56 bits per heavy atom. The molecule has 5 rings (SSSR count). The fourth-order valence-corrected chi connectivity index (χ4v) is 7.42. The number of nitriles is 1. The monoisotopic (exact) mass is 554 g/mol. The average Bonchev–Trinajstić information content (AvgIpc) is 3.59. The van der Waals surface area contributed by atoms with Gasteiger partial charge in [0, 0.05) is 37.3 Å². The van der Waals surface area contributed by atoms with Crippen LogP contribution in [0.1, 0.15) is 67.9 Å². The van der Waals surface area contributed by atoms with Crippen molar-refractivity contribution >= 4 is 56.2 Å². The summed E-state index contributed by atoms with van der Waals surface area (Å²) in [5.74, 6) is -1.20. The smallest absolute Gasteiger partial charge is 0.346 e. The van der Waals surface area contributed by atoms with Crippen molar-refractivity contribution in [2.45, 2.75) is 64.7 Å². The van der Waals surface area contributed by atoms with Crippen LogP contribution < -0.4 is 4.90 Å². The molecule has 1 aliphatic rings. The first-order valence-corrected chi connectivity index (χ1v) is 15.6. The molecule has 0 aliphatic carbocycles. The Morgan fingerprint density at radius 1 is 1.00 bits per heavy atom. The first-order valence-electron chi connectivity index (χ1n) is 13.9.